The van der Waals surface area contributed by atoms with Crippen LogP contribution in [-0.2, 0) is 16.0 Å². The van der Waals surface area contributed by atoms with E-state index < -0.39 is 0 Å². The molecule has 1 amide bonds. The van der Waals surface area contributed by atoms with Crippen molar-refractivity contribution in [3.8, 4) is 11.5 Å². The Morgan fingerprint density at radius 2 is 1.97 bits per heavy atom. The van der Waals surface area contributed by atoms with Crippen molar-refractivity contribution in [2.75, 3.05) is 27.4 Å². The number of nitrogens with one attached hydrogen (secondary N) is 1. The zero-order chi connectivity index (χ0) is 20.6. The van der Waals surface area contributed by atoms with Crippen LogP contribution in [0.4, 0.5) is 0 Å². The normalized spacial score (nSPS) is 12.0. The van der Waals surface area contributed by atoms with Crippen LogP contribution in [0.3, 0.4) is 0 Å². The summed E-state index contributed by atoms with van der Waals surface area (Å²) in [5.41, 5.74) is 1.94. The molecule has 1 unspecified atom stereocenters. The van der Waals surface area contributed by atoms with Gasteiger partial charge in [0.05, 0.1) is 35.0 Å². The molecule has 1 heterocycles. The maximum absolute atomic E-state index is 12.4. The Kier molecular flexibility index (Phi) is 7.43. The molecule has 0 radical (unpaired) electrons. The Balaban J connectivity index is 1.55. The van der Waals surface area contributed by atoms with Crippen LogP contribution in [0.1, 0.15) is 30.0 Å². The van der Waals surface area contributed by atoms with Gasteiger partial charge in [-0.3, -0.25) is 4.79 Å². The lowest BCUT2D eigenvalue weighted by atomic mass is 10.1. The first-order valence-corrected chi connectivity index (χ1v) is 10.4. The SMILES string of the molecule is COCCOc1ccc(C(C)NC(=O)CCc2nc3ccccc3s2)cc1OC. The van der Waals surface area contributed by atoms with Crippen LogP contribution in [0, 0.1) is 0 Å². The molecule has 1 atom stereocenters. The summed E-state index contributed by atoms with van der Waals surface area (Å²) in [6, 6.07) is 13.6. The number of amides is 1. The summed E-state index contributed by atoms with van der Waals surface area (Å²) in [7, 11) is 3.23. The molecule has 3 aromatic rings. The lowest BCUT2D eigenvalue weighted by molar-refractivity contribution is -0.121. The van der Waals surface area contributed by atoms with E-state index in [-0.39, 0.29) is 11.9 Å². The molecule has 6 nitrogen and oxygen atoms in total. The number of nitrogens with zero attached hydrogens (tertiary/aromatic N) is 1. The van der Waals surface area contributed by atoms with E-state index in [4.69, 9.17) is 14.2 Å². The number of ether oxygens (including phenoxy) is 3. The van der Waals surface area contributed by atoms with Gasteiger partial charge in [-0.2, -0.15) is 0 Å². The predicted octanol–water partition coefficient (Wildman–Crippen LogP) is 4.14. The highest BCUT2D eigenvalue weighted by Crippen LogP contribution is 2.30. The lowest BCUT2D eigenvalue weighted by Gasteiger charge is -2.17. The average molecular weight is 415 g/mol. The lowest BCUT2D eigenvalue weighted by Crippen LogP contribution is -2.26. The maximum atomic E-state index is 12.4. The van der Waals surface area contributed by atoms with Gasteiger partial charge in [0.2, 0.25) is 5.91 Å². The molecular weight excluding hydrogens is 388 g/mol. The van der Waals surface area contributed by atoms with Gasteiger partial charge in [-0.05, 0) is 36.8 Å². The molecule has 1 aromatic heterocycles. The molecular formula is C22H26N2O4S. The highest BCUT2D eigenvalue weighted by atomic mass is 32.1. The molecule has 154 valence electrons. The van der Waals surface area contributed by atoms with Crippen LogP contribution >= 0.6 is 11.3 Å². The fourth-order valence-corrected chi connectivity index (χ4v) is 3.92. The second kappa shape index (κ2) is 10.2. The minimum Gasteiger partial charge on any atom is -0.493 e. The van der Waals surface area contributed by atoms with Crippen molar-refractivity contribution < 1.29 is 19.0 Å². The summed E-state index contributed by atoms with van der Waals surface area (Å²) >= 11 is 1.64. The van der Waals surface area contributed by atoms with Crippen molar-refractivity contribution in [2.24, 2.45) is 0 Å². The topological polar surface area (TPSA) is 69.7 Å². The number of benzene rings is 2. The van der Waals surface area contributed by atoms with Gasteiger partial charge in [-0.25, -0.2) is 4.98 Å². The van der Waals surface area contributed by atoms with Gasteiger partial charge in [0.15, 0.2) is 11.5 Å². The van der Waals surface area contributed by atoms with Gasteiger partial charge in [-0.15, -0.1) is 11.3 Å². The van der Waals surface area contributed by atoms with Crippen LogP contribution in [0.25, 0.3) is 10.2 Å². The minimum atomic E-state index is -0.139. The Morgan fingerprint density at radius 1 is 1.14 bits per heavy atom. The highest BCUT2D eigenvalue weighted by Gasteiger charge is 2.14. The van der Waals surface area contributed by atoms with Crippen LogP contribution in [0.2, 0.25) is 0 Å². The maximum Gasteiger partial charge on any atom is 0.220 e. The van der Waals surface area contributed by atoms with Gasteiger partial charge in [-0.1, -0.05) is 18.2 Å². The van der Waals surface area contributed by atoms with Gasteiger partial charge >= 0.3 is 0 Å². The first-order chi connectivity index (χ1) is 14.1. The number of para-hydroxylation sites is 1. The largest absolute Gasteiger partial charge is 0.493 e. The zero-order valence-electron chi connectivity index (χ0n) is 16.9. The second-order valence-electron chi connectivity index (χ2n) is 6.62. The number of methoxy groups -OCH3 is 2. The highest BCUT2D eigenvalue weighted by molar-refractivity contribution is 7.18. The number of aromatic nitrogens is 1. The van der Waals surface area contributed by atoms with Crippen LogP contribution in [0.15, 0.2) is 42.5 Å². The molecule has 3 rings (SSSR count). The summed E-state index contributed by atoms with van der Waals surface area (Å²) < 4.78 is 17.2. The predicted molar refractivity (Wildman–Crippen MR) is 115 cm³/mol. The molecule has 0 aliphatic carbocycles. The van der Waals surface area contributed by atoms with E-state index >= 15 is 0 Å². The average Bonchev–Trinajstić information content (AvgIpc) is 3.15. The summed E-state index contributed by atoms with van der Waals surface area (Å²) in [4.78, 5) is 17.0. The standard InChI is InChI=1S/C22H26N2O4S/c1-15(16-8-9-18(19(14-16)27-3)28-13-12-26-2)23-21(25)10-11-22-24-17-6-4-5-7-20(17)29-22/h4-9,14-15H,10-13H2,1-3H3,(H,23,25). The van der Waals surface area contributed by atoms with Crippen LogP contribution in [0.5, 0.6) is 11.5 Å². The summed E-state index contributed by atoms with van der Waals surface area (Å²) in [5.74, 6) is 1.29. The third-order valence-electron chi connectivity index (χ3n) is 4.51. The first-order valence-electron chi connectivity index (χ1n) is 9.54. The summed E-state index contributed by atoms with van der Waals surface area (Å²) in [6.07, 6.45) is 1.03. The molecule has 0 aliphatic rings. The number of carbonyl (C=O) groups is 1. The smallest absolute Gasteiger partial charge is 0.220 e. The van der Waals surface area contributed by atoms with Crippen molar-refractivity contribution in [3.63, 3.8) is 0 Å². The van der Waals surface area contributed by atoms with Crippen LogP contribution in [-0.4, -0.2) is 38.3 Å². The van der Waals surface area contributed by atoms with E-state index in [1.165, 1.54) is 0 Å². The van der Waals surface area contributed by atoms with Gasteiger partial charge in [0.1, 0.15) is 6.61 Å². The van der Waals surface area contributed by atoms with E-state index in [2.05, 4.69) is 16.4 Å². The number of carbonyl (C=O) groups excluding carboxylic acids is 1. The molecule has 29 heavy (non-hydrogen) atoms. The third kappa shape index (κ3) is 5.68. The van der Waals surface area contributed by atoms with Crippen molar-refractivity contribution in [2.45, 2.75) is 25.8 Å². The number of thiazole rings is 1. The van der Waals surface area contributed by atoms with Gasteiger partial charge in [0.25, 0.3) is 0 Å². The molecule has 2 aromatic carbocycles. The summed E-state index contributed by atoms with van der Waals surface area (Å²) in [5, 5.41) is 4.02. The number of aryl methyl sites for hydroxylation is 1. The Morgan fingerprint density at radius 3 is 2.72 bits per heavy atom. The monoisotopic (exact) mass is 414 g/mol. The molecule has 0 fully saturated rings. The quantitative estimate of drug-likeness (QED) is 0.505. The first kappa shape index (κ1) is 21.1. The van der Waals surface area contributed by atoms with E-state index in [0.29, 0.717) is 37.6 Å². The Hall–Kier alpha value is -2.64. The Labute approximate surface area is 174 Å². The molecule has 0 spiro atoms. The van der Waals surface area contributed by atoms with Crippen molar-refractivity contribution >= 4 is 27.5 Å². The van der Waals surface area contributed by atoms with Gasteiger partial charge in [0, 0.05) is 20.0 Å². The number of rotatable bonds is 10. The fraction of sp³-hybridized carbons (Fsp3) is 0.364. The molecule has 1 N–H and O–H groups in total. The second-order valence-corrected chi connectivity index (χ2v) is 7.73. The number of fused-ring (bicyclic) bond motifs is 1. The number of hydrogen-bond donors (Lipinski definition) is 1. The van der Waals surface area contributed by atoms with Gasteiger partial charge < -0.3 is 19.5 Å². The van der Waals surface area contributed by atoms with E-state index in [1.54, 1.807) is 25.6 Å². The van der Waals surface area contributed by atoms with Crippen LogP contribution < -0.4 is 14.8 Å². The van der Waals surface area contributed by atoms with E-state index in [9.17, 15) is 4.79 Å². The molecule has 0 aliphatic heterocycles. The molecule has 7 heteroatoms. The zero-order valence-corrected chi connectivity index (χ0v) is 17.8. The minimum absolute atomic E-state index is 0.00357. The summed E-state index contributed by atoms with van der Waals surface area (Å²) in [6.45, 7) is 2.91. The number of hydrogen-bond acceptors (Lipinski definition) is 6. The third-order valence-corrected chi connectivity index (χ3v) is 5.61. The van der Waals surface area contributed by atoms with Crippen molar-refractivity contribution in [3.05, 3.63) is 53.0 Å². The Bertz CT molecular complexity index is 924. The molecule has 0 saturated carbocycles. The van der Waals surface area contributed by atoms with E-state index in [0.717, 1.165) is 20.8 Å². The molecule has 0 bridgehead atoms. The van der Waals surface area contributed by atoms with Crippen molar-refractivity contribution in [1.29, 1.82) is 0 Å². The van der Waals surface area contributed by atoms with Crippen molar-refractivity contribution in [1.82, 2.24) is 10.3 Å². The fourth-order valence-electron chi connectivity index (χ4n) is 2.95. The van der Waals surface area contributed by atoms with E-state index in [1.807, 2.05) is 43.3 Å². The molecule has 0 saturated heterocycles.